The van der Waals surface area contributed by atoms with Crippen LogP contribution >= 0.6 is 0 Å². The molecule has 62 heavy (non-hydrogen) atoms. The fourth-order valence-corrected chi connectivity index (χ4v) is 8.65. The van der Waals surface area contributed by atoms with E-state index in [1.54, 1.807) is 0 Å². The van der Waals surface area contributed by atoms with Gasteiger partial charge in [-0.25, -0.2) is 9.97 Å². The van der Waals surface area contributed by atoms with Gasteiger partial charge in [0.25, 0.3) is 0 Å². The Morgan fingerprint density at radius 3 is 1.19 bits per heavy atom. The van der Waals surface area contributed by atoms with Gasteiger partial charge in [-0.3, -0.25) is 0 Å². The molecule has 290 valence electrons. The van der Waals surface area contributed by atoms with E-state index in [0.717, 1.165) is 61.5 Å². The molecule has 11 rings (SSSR count). The molecule has 9 aromatic carbocycles. The van der Waals surface area contributed by atoms with Crippen molar-refractivity contribution in [1.82, 2.24) is 9.97 Å². The van der Waals surface area contributed by atoms with Gasteiger partial charge >= 0.3 is 0 Å². The van der Waals surface area contributed by atoms with E-state index in [-0.39, 0.29) is 0 Å². The third-order valence-corrected chi connectivity index (χ3v) is 11.9. The van der Waals surface area contributed by atoms with Crippen LogP contribution in [0.5, 0.6) is 0 Å². The highest BCUT2D eigenvalue weighted by atomic mass is 14.7. The quantitative estimate of drug-likeness (QED) is 0.143. The summed E-state index contributed by atoms with van der Waals surface area (Å²) in [6.45, 7) is 0. The minimum absolute atomic E-state index is 0.936. The lowest BCUT2D eigenvalue weighted by Gasteiger charge is -2.14. The summed E-state index contributed by atoms with van der Waals surface area (Å²) in [5, 5.41) is 3.53. The van der Waals surface area contributed by atoms with E-state index >= 15 is 0 Å². The Morgan fingerprint density at radius 2 is 0.629 bits per heavy atom. The van der Waals surface area contributed by atoms with Crippen LogP contribution in [-0.4, -0.2) is 9.97 Å². The van der Waals surface area contributed by atoms with Gasteiger partial charge in [0.05, 0.1) is 22.6 Å². The van der Waals surface area contributed by atoms with Crippen LogP contribution in [0.4, 0.5) is 0 Å². The number of aromatic nitrogens is 2. The predicted octanol–water partition coefficient (Wildman–Crippen LogP) is 16.1. The van der Waals surface area contributed by atoms with Crippen molar-refractivity contribution in [2.24, 2.45) is 0 Å². The fourth-order valence-electron chi connectivity index (χ4n) is 8.65. The smallest absolute Gasteiger partial charge is 0.0722 e. The first-order valence-corrected chi connectivity index (χ1v) is 21.1. The second-order valence-electron chi connectivity index (χ2n) is 15.8. The van der Waals surface area contributed by atoms with Crippen molar-refractivity contribution in [1.29, 1.82) is 0 Å². The first-order valence-electron chi connectivity index (χ1n) is 21.1. The number of pyridine rings is 2. The Bertz CT molecular complexity index is 3240. The number of hydrogen-bond acceptors (Lipinski definition) is 2. The highest BCUT2D eigenvalue weighted by Crippen LogP contribution is 2.39. The Hall–Kier alpha value is -8.20. The Balaban J connectivity index is 0.997. The van der Waals surface area contributed by atoms with Crippen LogP contribution in [0.25, 0.3) is 111 Å². The standard InChI is InChI=1S/C60H40N2/c1-5-14-41(15-6-1)43-24-28-47(29-25-43)57-38-53(39-58(62-57)48-30-26-44(27-31-48)42-16-7-2-8-17-42)50-23-13-22-49(36-50)51-32-34-54-52(37-51)33-35-56-60(54)55(45-18-9-3-10-19-45)40-59(61-56)46-20-11-4-12-21-46/h1-40H. The van der Waals surface area contributed by atoms with Gasteiger partial charge < -0.3 is 0 Å². The molecular weight excluding hydrogens is 749 g/mol. The summed E-state index contributed by atoms with van der Waals surface area (Å²) in [5.41, 5.74) is 18.8. The van der Waals surface area contributed by atoms with Crippen LogP contribution in [-0.2, 0) is 0 Å². The zero-order valence-electron chi connectivity index (χ0n) is 34.0. The first kappa shape index (κ1) is 36.8. The molecule has 11 aromatic rings. The summed E-state index contributed by atoms with van der Waals surface area (Å²) in [7, 11) is 0. The molecule has 0 saturated carbocycles. The molecule has 2 heterocycles. The predicted molar refractivity (Wildman–Crippen MR) is 261 cm³/mol. The summed E-state index contributed by atoms with van der Waals surface area (Å²) in [6.07, 6.45) is 0. The Morgan fingerprint density at radius 1 is 0.226 bits per heavy atom. The number of nitrogens with zero attached hydrogens (tertiary/aromatic N) is 2. The van der Waals surface area contributed by atoms with Gasteiger partial charge in [-0.1, -0.05) is 206 Å². The van der Waals surface area contributed by atoms with E-state index in [1.165, 1.54) is 49.5 Å². The average Bonchev–Trinajstić information content (AvgIpc) is 3.37. The fraction of sp³-hybridized carbons (Fsp3) is 0. The zero-order chi connectivity index (χ0) is 41.2. The lowest BCUT2D eigenvalue weighted by Crippen LogP contribution is -1.92. The molecule has 0 atom stereocenters. The maximum Gasteiger partial charge on any atom is 0.0722 e. The van der Waals surface area contributed by atoms with Crippen LogP contribution < -0.4 is 0 Å². The SMILES string of the molecule is c1ccc(-c2ccc(-c3cc(-c4cccc(-c5ccc6c(ccc7nc(-c8ccccc8)cc(-c8ccccc8)c76)c5)c4)cc(-c4ccc(-c5ccccc5)cc4)n3)cc2)cc1. The second-order valence-corrected chi connectivity index (χ2v) is 15.8. The van der Waals surface area contributed by atoms with Crippen LogP contribution in [0.2, 0.25) is 0 Å². The zero-order valence-corrected chi connectivity index (χ0v) is 34.0. The summed E-state index contributed by atoms with van der Waals surface area (Å²) < 4.78 is 0. The lowest BCUT2D eigenvalue weighted by molar-refractivity contribution is 1.32. The first-order chi connectivity index (χ1) is 30.7. The van der Waals surface area contributed by atoms with Gasteiger partial charge in [0, 0.05) is 22.1 Å². The maximum atomic E-state index is 5.29. The van der Waals surface area contributed by atoms with Crippen molar-refractivity contribution in [2.75, 3.05) is 0 Å². The van der Waals surface area contributed by atoms with Crippen molar-refractivity contribution >= 4 is 21.7 Å². The van der Waals surface area contributed by atoms with E-state index in [2.05, 4.69) is 237 Å². The van der Waals surface area contributed by atoms with Crippen molar-refractivity contribution in [2.45, 2.75) is 0 Å². The van der Waals surface area contributed by atoms with Gasteiger partial charge in [0.2, 0.25) is 0 Å². The summed E-state index contributed by atoms with van der Waals surface area (Å²) in [4.78, 5) is 10.5. The second kappa shape index (κ2) is 16.1. The number of fused-ring (bicyclic) bond motifs is 3. The van der Waals surface area contributed by atoms with Gasteiger partial charge in [-0.15, -0.1) is 0 Å². The number of benzene rings is 9. The van der Waals surface area contributed by atoms with Gasteiger partial charge in [-0.05, 0) is 103 Å². The van der Waals surface area contributed by atoms with E-state index in [4.69, 9.17) is 9.97 Å². The van der Waals surface area contributed by atoms with Crippen molar-refractivity contribution < 1.29 is 0 Å². The summed E-state index contributed by atoms with van der Waals surface area (Å²) in [5.74, 6) is 0. The van der Waals surface area contributed by atoms with E-state index in [9.17, 15) is 0 Å². The highest BCUT2D eigenvalue weighted by molar-refractivity contribution is 6.14. The molecule has 0 aliphatic heterocycles. The summed E-state index contributed by atoms with van der Waals surface area (Å²) >= 11 is 0. The van der Waals surface area contributed by atoms with E-state index in [1.807, 2.05) is 6.07 Å². The lowest BCUT2D eigenvalue weighted by atomic mass is 9.92. The van der Waals surface area contributed by atoms with Crippen LogP contribution in [0.3, 0.4) is 0 Å². The minimum Gasteiger partial charge on any atom is -0.248 e. The van der Waals surface area contributed by atoms with Crippen molar-refractivity contribution in [3.8, 4) is 89.4 Å². The molecule has 0 bridgehead atoms. The van der Waals surface area contributed by atoms with Gasteiger partial charge in [0.15, 0.2) is 0 Å². The molecule has 2 nitrogen and oxygen atoms in total. The maximum absolute atomic E-state index is 5.29. The molecule has 0 unspecified atom stereocenters. The minimum atomic E-state index is 0.936. The number of rotatable bonds is 8. The molecule has 0 N–H and O–H groups in total. The monoisotopic (exact) mass is 788 g/mol. The van der Waals surface area contributed by atoms with E-state index < -0.39 is 0 Å². The molecule has 0 saturated heterocycles. The normalized spacial score (nSPS) is 11.2. The van der Waals surface area contributed by atoms with E-state index in [0.29, 0.717) is 0 Å². The third-order valence-electron chi connectivity index (χ3n) is 11.9. The molecule has 0 radical (unpaired) electrons. The molecule has 2 heteroatoms. The third kappa shape index (κ3) is 7.25. The largest absolute Gasteiger partial charge is 0.248 e. The molecule has 0 spiro atoms. The molecule has 0 aliphatic rings. The van der Waals surface area contributed by atoms with Crippen LogP contribution in [0.15, 0.2) is 243 Å². The Kier molecular flexibility index (Phi) is 9.57. The van der Waals surface area contributed by atoms with Crippen molar-refractivity contribution in [3.05, 3.63) is 243 Å². The average molecular weight is 789 g/mol. The molecule has 0 fully saturated rings. The van der Waals surface area contributed by atoms with Gasteiger partial charge in [0.1, 0.15) is 0 Å². The van der Waals surface area contributed by atoms with Crippen LogP contribution in [0.1, 0.15) is 0 Å². The number of hydrogen-bond donors (Lipinski definition) is 0. The van der Waals surface area contributed by atoms with Crippen LogP contribution in [0, 0.1) is 0 Å². The van der Waals surface area contributed by atoms with Gasteiger partial charge in [-0.2, -0.15) is 0 Å². The molecule has 2 aromatic heterocycles. The Labute approximate surface area is 362 Å². The molecule has 0 amide bonds. The molecular formula is C60H40N2. The topological polar surface area (TPSA) is 25.8 Å². The van der Waals surface area contributed by atoms with Crippen molar-refractivity contribution in [3.63, 3.8) is 0 Å². The summed E-state index contributed by atoms with van der Waals surface area (Å²) in [6, 6.07) is 86.5. The highest BCUT2D eigenvalue weighted by Gasteiger charge is 2.15. The molecule has 0 aliphatic carbocycles.